The molecule has 14 heavy (non-hydrogen) atoms. The Morgan fingerprint density at radius 2 is 2.36 bits per heavy atom. The number of halogens is 1. The van der Waals surface area contributed by atoms with Gasteiger partial charge in [0.1, 0.15) is 11.8 Å². The lowest BCUT2D eigenvalue weighted by atomic mass is 10.2. The molecule has 4 heteroatoms. The van der Waals surface area contributed by atoms with E-state index in [9.17, 15) is 0 Å². The van der Waals surface area contributed by atoms with E-state index in [0.29, 0.717) is 17.3 Å². The lowest BCUT2D eigenvalue weighted by molar-refractivity contribution is 0.363. The Morgan fingerprint density at radius 3 is 3.00 bits per heavy atom. The van der Waals surface area contributed by atoms with Gasteiger partial charge in [0.05, 0.1) is 0 Å². The van der Waals surface area contributed by atoms with Crippen molar-refractivity contribution >= 4 is 11.6 Å². The van der Waals surface area contributed by atoms with Gasteiger partial charge in [-0.3, -0.25) is 0 Å². The lowest BCUT2D eigenvalue weighted by Crippen LogP contribution is -2.07. The smallest absolute Gasteiger partial charge is 0.174 e. The van der Waals surface area contributed by atoms with Crippen molar-refractivity contribution in [1.29, 1.82) is 5.26 Å². The lowest BCUT2D eigenvalue weighted by Gasteiger charge is -2.08. The minimum Gasteiger partial charge on any atom is -0.478 e. The molecule has 3 nitrogen and oxygen atoms in total. The predicted molar refractivity (Wildman–Crippen MR) is 55.3 cm³/mol. The number of ether oxygens (including phenoxy) is 1. The summed E-state index contributed by atoms with van der Waals surface area (Å²) < 4.78 is 5.23. The summed E-state index contributed by atoms with van der Waals surface area (Å²) in [7, 11) is 1.84. The average Bonchev–Trinajstić information content (AvgIpc) is 2.17. The maximum Gasteiger partial charge on any atom is 0.174 e. The Kier molecular flexibility index (Phi) is 4.24. The van der Waals surface area contributed by atoms with Gasteiger partial charge in [0.15, 0.2) is 6.61 Å². The number of nitrogens with one attached hydrogen (secondary N) is 1. The largest absolute Gasteiger partial charge is 0.478 e. The van der Waals surface area contributed by atoms with Crippen LogP contribution in [0.15, 0.2) is 18.2 Å². The van der Waals surface area contributed by atoms with Crippen LogP contribution in [0.3, 0.4) is 0 Å². The molecule has 0 aliphatic rings. The van der Waals surface area contributed by atoms with Gasteiger partial charge in [-0.2, -0.15) is 5.26 Å². The summed E-state index contributed by atoms with van der Waals surface area (Å²) in [5.74, 6) is 0.699. The third-order valence-corrected chi connectivity index (χ3v) is 1.92. The number of benzene rings is 1. The van der Waals surface area contributed by atoms with E-state index in [1.54, 1.807) is 12.1 Å². The fourth-order valence-corrected chi connectivity index (χ4v) is 1.32. The van der Waals surface area contributed by atoms with Gasteiger partial charge in [-0.1, -0.05) is 11.6 Å². The van der Waals surface area contributed by atoms with E-state index in [4.69, 9.17) is 21.6 Å². The molecule has 0 unspecified atom stereocenters. The number of nitrogens with zero attached hydrogens (tertiary/aromatic N) is 1. The van der Waals surface area contributed by atoms with Crippen LogP contribution in [-0.2, 0) is 6.54 Å². The topological polar surface area (TPSA) is 45.0 Å². The summed E-state index contributed by atoms with van der Waals surface area (Å²) in [5, 5.41) is 12.1. The number of rotatable bonds is 4. The predicted octanol–water partition coefficient (Wildman–Crippen LogP) is 1.96. The summed E-state index contributed by atoms with van der Waals surface area (Å²) in [5.41, 5.74) is 0.954. The first-order chi connectivity index (χ1) is 6.77. The second-order valence-corrected chi connectivity index (χ2v) is 3.17. The molecular formula is C10H11ClN2O. The third-order valence-electron chi connectivity index (χ3n) is 1.68. The third kappa shape index (κ3) is 2.91. The highest BCUT2D eigenvalue weighted by molar-refractivity contribution is 6.30. The molecule has 1 aromatic carbocycles. The van der Waals surface area contributed by atoms with E-state index in [0.717, 1.165) is 5.56 Å². The van der Waals surface area contributed by atoms with E-state index in [2.05, 4.69) is 5.32 Å². The number of hydrogen-bond acceptors (Lipinski definition) is 3. The van der Waals surface area contributed by atoms with Crippen molar-refractivity contribution in [2.45, 2.75) is 6.54 Å². The van der Waals surface area contributed by atoms with E-state index < -0.39 is 0 Å². The highest BCUT2D eigenvalue weighted by Gasteiger charge is 2.03. The fraction of sp³-hybridized carbons (Fsp3) is 0.300. The highest BCUT2D eigenvalue weighted by Crippen LogP contribution is 2.22. The zero-order chi connectivity index (χ0) is 10.4. The molecule has 0 saturated carbocycles. The molecule has 0 radical (unpaired) electrons. The standard InChI is InChI=1S/C10H11ClN2O/c1-13-7-8-6-9(11)2-3-10(8)14-5-4-12/h2-3,6,13H,5,7H2,1H3. The van der Waals surface area contributed by atoms with Crippen LogP contribution in [0.25, 0.3) is 0 Å². The van der Waals surface area contributed by atoms with E-state index in [1.165, 1.54) is 0 Å². The Hall–Kier alpha value is -1.24. The number of hydrogen-bond donors (Lipinski definition) is 1. The van der Waals surface area contributed by atoms with Crippen LogP contribution < -0.4 is 10.1 Å². The first kappa shape index (κ1) is 10.8. The zero-order valence-corrected chi connectivity index (χ0v) is 8.64. The van der Waals surface area contributed by atoms with Crippen LogP contribution in [0.5, 0.6) is 5.75 Å². The van der Waals surface area contributed by atoms with Crippen LogP contribution in [0.4, 0.5) is 0 Å². The van der Waals surface area contributed by atoms with Gasteiger partial charge < -0.3 is 10.1 Å². The first-order valence-electron chi connectivity index (χ1n) is 4.20. The second-order valence-electron chi connectivity index (χ2n) is 2.73. The summed E-state index contributed by atoms with van der Waals surface area (Å²) >= 11 is 5.84. The van der Waals surface area contributed by atoms with Crippen molar-refractivity contribution in [3.63, 3.8) is 0 Å². The quantitative estimate of drug-likeness (QED) is 0.827. The molecule has 0 aromatic heterocycles. The van der Waals surface area contributed by atoms with Gasteiger partial charge in [-0.05, 0) is 25.2 Å². The van der Waals surface area contributed by atoms with Gasteiger partial charge in [-0.25, -0.2) is 0 Å². The van der Waals surface area contributed by atoms with Crippen molar-refractivity contribution in [2.24, 2.45) is 0 Å². The average molecular weight is 211 g/mol. The molecule has 74 valence electrons. The van der Waals surface area contributed by atoms with E-state index in [1.807, 2.05) is 19.2 Å². The van der Waals surface area contributed by atoms with Gasteiger partial charge in [-0.15, -0.1) is 0 Å². The van der Waals surface area contributed by atoms with E-state index in [-0.39, 0.29) is 6.61 Å². The molecule has 1 N–H and O–H groups in total. The molecule has 0 aliphatic heterocycles. The van der Waals surface area contributed by atoms with Gasteiger partial charge in [0, 0.05) is 17.1 Å². The van der Waals surface area contributed by atoms with E-state index >= 15 is 0 Å². The summed E-state index contributed by atoms with van der Waals surface area (Å²) in [6.45, 7) is 0.722. The van der Waals surface area contributed by atoms with Gasteiger partial charge in [0.2, 0.25) is 0 Å². The fourth-order valence-electron chi connectivity index (χ4n) is 1.13. The molecule has 0 bridgehead atoms. The molecule has 0 spiro atoms. The molecule has 0 amide bonds. The van der Waals surface area contributed by atoms with Crippen LogP contribution >= 0.6 is 11.6 Å². The Balaban J connectivity index is 2.85. The SMILES string of the molecule is CNCc1cc(Cl)ccc1OCC#N. The molecule has 0 atom stereocenters. The summed E-state index contributed by atoms with van der Waals surface area (Å²) in [6.07, 6.45) is 0. The zero-order valence-electron chi connectivity index (χ0n) is 7.88. The monoisotopic (exact) mass is 210 g/mol. The van der Waals surface area contributed by atoms with Crippen molar-refractivity contribution in [3.05, 3.63) is 28.8 Å². The van der Waals surface area contributed by atoms with Crippen LogP contribution in [0.2, 0.25) is 5.02 Å². The minimum atomic E-state index is 0.0539. The van der Waals surface area contributed by atoms with Crippen LogP contribution in [0, 0.1) is 11.3 Å². The molecular weight excluding hydrogens is 200 g/mol. The Morgan fingerprint density at radius 1 is 1.57 bits per heavy atom. The summed E-state index contributed by atoms with van der Waals surface area (Å²) in [6, 6.07) is 7.26. The maximum absolute atomic E-state index is 8.39. The molecule has 1 rings (SSSR count). The highest BCUT2D eigenvalue weighted by atomic mass is 35.5. The van der Waals surface area contributed by atoms with Crippen molar-refractivity contribution in [1.82, 2.24) is 5.32 Å². The Labute approximate surface area is 88.3 Å². The first-order valence-corrected chi connectivity index (χ1v) is 4.58. The minimum absolute atomic E-state index is 0.0539. The van der Waals surface area contributed by atoms with Crippen molar-refractivity contribution in [2.75, 3.05) is 13.7 Å². The Bertz CT molecular complexity index is 346. The molecule has 0 aliphatic carbocycles. The van der Waals surface area contributed by atoms with Crippen LogP contribution in [0.1, 0.15) is 5.56 Å². The van der Waals surface area contributed by atoms with Crippen molar-refractivity contribution in [3.8, 4) is 11.8 Å². The van der Waals surface area contributed by atoms with Gasteiger partial charge in [0.25, 0.3) is 0 Å². The maximum atomic E-state index is 8.39. The normalized spacial score (nSPS) is 9.50. The van der Waals surface area contributed by atoms with Crippen molar-refractivity contribution < 1.29 is 4.74 Å². The van der Waals surface area contributed by atoms with Gasteiger partial charge >= 0.3 is 0 Å². The molecule has 0 heterocycles. The number of nitriles is 1. The second kappa shape index (κ2) is 5.48. The molecule has 0 fully saturated rings. The summed E-state index contributed by atoms with van der Waals surface area (Å²) in [4.78, 5) is 0. The molecule has 0 saturated heterocycles. The molecule has 1 aromatic rings. The van der Waals surface area contributed by atoms with Crippen LogP contribution in [-0.4, -0.2) is 13.7 Å².